The zero-order chi connectivity index (χ0) is 51.0. The van der Waals surface area contributed by atoms with Gasteiger partial charge in [0.2, 0.25) is 53.2 Å². The highest BCUT2D eigenvalue weighted by molar-refractivity contribution is 5.99. The number of nitrogens with zero attached hydrogens (tertiary/aromatic N) is 7. The number of amides is 9. The first kappa shape index (κ1) is 53.2. The maximum Gasteiger partial charge on any atom is 0.328 e. The molecule has 0 aromatic heterocycles. The van der Waals surface area contributed by atoms with Crippen molar-refractivity contribution in [2.45, 2.75) is 164 Å². The average molecular weight is 986 g/mol. The molecule has 25 heteroatoms. The number of likely N-dealkylation sites (tertiary alicyclic amines) is 6. The second kappa shape index (κ2) is 23.7. The van der Waals surface area contributed by atoms with Crippen LogP contribution in [0.4, 0.5) is 0 Å². The van der Waals surface area contributed by atoms with Crippen molar-refractivity contribution in [2.75, 3.05) is 52.4 Å². The second-order valence-electron chi connectivity index (χ2n) is 19.2. The van der Waals surface area contributed by atoms with Gasteiger partial charge in [-0.1, -0.05) is 0 Å². The number of aliphatic hydroxyl groups excluding tert-OH is 1. The predicted molar refractivity (Wildman–Crippen MR) is 248 cm³/mol. The van der Waals surface area contributed by atoms with Gasteiger partial charge in [0.15, 0.2) is 5.96 Å². The van der Waals surface area contributed by atoms with Crippen molar-refractivity contribution in [3.8, 4) is 0 Å². The van der Waals surface area contributed by atoms with Gasteiger partial charge in [-0.25, -0.2) is 4.79 Å². The van der Waals surface area contributed by atoms with Gasteiger partial charge < -0.3 is 72.8 Å². The molecule has 0 aromatic carbocycles. The minimum atomic E-state index is -1.56. The molecular formula is C45H71N13O12. The Balaban J connectivity index is 1.08. The molecule has 0 spiro atoms. The molecule has 6 saturated heterocycles. The third-order valence-electron chi connectivity index (χ3n) is 14.5. The van der Waals surface area contributed by atoms with Crippen LogP contribution in [-0.2, 0) is 47.9 Å². The number of carboxylic acid groups (broad SMARTS) is 1. The maximum absolute atomic E-state index is 14.5. The van der Waals surface area contributed by atoms with Crippen molar-refractivity contribution in [1.82, 2.24) is 45.3 Å². The monoisotopic (exact) mass is 986 g/mol. The lowest BCUT2D eigenvalue weighted by atomic mass is 10.1. The maximum atomic E-state index is 14.5. The molecule has 6 fully saturated rings. The van der Waals surface area contributed by atoms with Gasteiger partial charge in [-0.2, -0.15) is 0 Å². The molecule has 0 bridgehead atoms. The van der Waals surface area contributed by atoms with Gasteiger partial charge >= 0.3 is 5.97 Å². The van der Waals surface area contributed by atoms with Gasteiger partial charge in [0, 0.05) is 45.8 Å². The van der Waals surface area contributed by atoms with E-state index >= 15 is 0 Å². The lowest BCUT2D eigenvalue weighted by molar-refractivity contribution is -0.154. The number of carbonyl (C=O) groups excluding carboxylic acids is 9. The van der Waals surface area contributed by atoms with Crippen molar-refractivity contribution in [3.05, 3.63) is 0 Å². The minimum absolute atomic E-state index is 0.108. The average Bonchev–Trinajstić information content (AvgIpc) is 4.19. The smallest absolute Gasteiger partial charge is 0.328 e. The molecule has 11 N–H and O–H groups in total. The molecule has 0 unspecified atom stereocenters. The van der Waals surface area contributed by atoms with Gasteiger partial charge in [-0.3, -0.25) is 48.1 Å². The molecule has 9 amide bonds. The van der Waals surface area contributed by atoms with Crippen molar-refractivity contribution < 1.29 is 58.2 Å². The Bertz CT molecular complexity index is 2050. The summed E-state index contributed by atoms with van der Waals surface area (Å²) in [5.41, 5.74) is 16.7. The molecule has 10 atom stereocenters. The van der Waals surface area contributed by atoms with E-state index in [1.54, 1.807) is 0 Å². The van der Waals surface area contributed by atoms with E-state index in [4.69, 9.17) is 17.2 Å². The Hall–Kier alpha value is -6.11. The standard InChI is InChI=1S/C45H71N13O12/c1-25(46)35(60)51-27(10-3-17-49-45(47)48)38(63)54-19-5-12-30(54)40(65)56-21-7-14-32(56)42(67)58-23-9-16-34(58)43(68)57-22-8-15-33(57)41(66)55-20-6-13-31(55)39(64)53-18-4-11-29(53)37(62)50-26(2)36(61)52-28(24-59)44(69)70/h25-34,59H,3-24,46H2,1-2H3,(H,50,62)(H,51,60)(H,52,61)(H,69,70)(H4,47,48,49)/t25-,26-,27-,28-,29-,30-,31-,32-,33-,34-/m0/s1. The number of nitrogens with two attached hydrogens (primary N) is 3. The Kier molecular flexibility index (Phi) is 18.0. The van der Waals surface area contributed by atoms with E-state index in [-0.39, 0.29) is 75.9 Å². The first-order chi connectivity index (χ1) is 33.4. The molecule has 6 aliphatic rings. The number of aliphatic imine (C=N–C) groups is 1. The molecule has 70 heavy (non-hydrogen) atoms. The predicted octanol–water partition coefficient (Wildman–Crippen LogP) is -4.12. The third-order valence-corrected chi connectivity index (χ3v) is 14.5. The Morgan fingerprint density at radius 3 is 1.27 bits per heavy atom. The zero-order valence-electron chi connectivity index (χ0n) is 40.2. The molecule has 6 heterocycles. The summed E-state index contributed by atoms with van der Waals surface area (Å²) in [5.74, 6) is -5.94. The number of hydrogen-bond acceptors (Lipinski definition) is 13. The number of aliphatic hydroxyl groups is 1. The molecule has 0 aromatic rings. The number of aliphatic carboxylic acids is 1. The van der Waals surface area contributed by atoms with Crippen molar-refractivity contribution in [3.63, 3.8) is 0 Å². The van der Waals surface area contributed by atoms with Crippen LogP contribution in [0.5, 0.6) is 0 Å². The molecule has 0 radical (unpaired) electrons. The number of rotatable bonds is 18. The number of carboxylic acids is 1. The largest absolute Gasteiger partial charge is 0.480 e. The summed E-state index contributed by atoms with van der Waals surface area (Å²) in [6.07, 6.45) is 5.75. The highest BCUT2D eigenvalue weighted by atomic mass is 16.4. The fourth-order valence-electron chi connectivity index (χ4n) is 10.8. The van der Waals surface area contributed by atoms with Crippen molar-refractivity contribution in [2.24, 2.45) is 22.2 Å². The molecule has 0 saturated carbocycles. The Labute approximate surface area is 406 Å². The number of hydrogen-bond donors (Lipinski definition) is 8. The van der Waals surface area contributed by atoms with Gasteiger partial charge in [0.1, 0.15) is 54.4 Å². The van der Waals surface area contributed by atoms with E-state index in [1.807, 2.05) is 0 Å². The zero-order valence-corrected chi connectivity index (χ0v) is 40.2. The van der Waals surface area contributed by atoms with Crippen LogP contribution in [0.2, 0.25) is 0 Å². The first-order valence-electron chi connectivity index (χ1n) is 24.7. The van der Waals surface area contributed by atoms with E-state index in [2.05, 4.69) is 20.9 Å². The van der Waals surface area contributed by atoms with Crippen LogP contribution in [0.3, 0.4) is 0 Å². The molecule has 0 aliphatic carbocycles. The quantitative estimate of drug-likeness (QED) is 0.0368. The first-order valence-corrected chi connectivity index (χ1v) is 24.7. The summed E-state index contributed by atoms with van der Waals surface area (Å²) in [5, 5.41) is 25.9. The summed E-state index contributed by atoms with van der Waals surface area (Å²) >= 11 is 0. The summed E-state index contributed by atoms with van der Waals surface area (Å²) in [7, 11) is 0. The lowest BCUT2D eigenvalue weighted by Gasteiger charge is -2.37. The number of carbonyl (C=O) groups is 10. The molecule has 388 valence electrons. The van der Waals surface area contributed by atoms with Gasteiger partial charge in [0.05, 0.1) is 12.6 Å². The number of guanidine groups is 1. The van der Waals surface area contributed by atoms with Crippen molar-refractivity contribution >= 4 is 65.1 Å². The fourth-order valence-corrected chi connectivity index (χ4v) is 10.8. The normalized spacial score (nSPS) is 26.1. The van der Waals surface area contributed by atoms with Crippen LogP contribution in [-0.4, -0.2) is 218 Å². The number of nitrogens with one attached hydrogen (secondary N) is 3. The van der Waals surface area contributed by atoms with E-state index in [0.29, 0.717) is 83.5 Å². The third kappa shape index (κ3) is 11.9. The topological polar surface area (TPSA) is 357 Å². The SMILES string of the molecule is C[C@H](N)C(=O)N[C@@H](CCCN=C(N)N)C(=O)N1CCC[C@H]1C(=O)N1CCC[C@H]1C(=O)N1CCC[C@H]1C(=O)N1CCC[C@H]1C(=O)N1CCC[C@H]1C(=O)N1CCC[C@H]1C(=O)N[C@@H](C)C(=O)N[C@@H](CO)C(=O)O. The second-order valence-corrected chi connectivity index (χ2v) is 19.2. The highest BCUT2D eigenvalue weighted by Crippen LogP contribution is 2.33. The summed E-state index contributed by atoms with van der Waals surface area (Å²) < 4.78 is 0. The van der Waals surface area contributed by atoms with E-state index in [0.717, 1.165) is 0 Å². The minimum Gasteiger partial charge on any atom is -0.480 e. The van der Waals surface area contributed by atoms with Crippen LogP contribution in [0.1, 0.15) is 104 Å². The van der Waals surface area contributed by atoms with Crippen LogP contribution in [0, 0.1) is 0 Å². The molecule has 6 rings (SSSR count). The van der Waals surface area contributed by atoms with E-state index < -0.39 is 108 Å². The molecule has 6 aliphatic heterocycles. The van der Waals surface area contributed by atoms with E-state index in [1.165, 1.54) is 43.2 Å². The van der Waals surface area contributed by atoms with Gasteiger partial charge in [-0.15, -0.1) is 0 Å². The molecular weight excluding hydrogens is 915 g/mol. The van der Waals surface area contributed by atoms with E-state index in [9.17, 15) is 58.2 Å². The Morgan fingerprint density at radius 1 is 0.543 bits per heavy atom. The summed E-state index contributed by atoms with van der Waals surface area (Å²) in [4.78, 5) is 149. The summed E-state index contributed by atoms with van der Waals surface area (Å²) in [6.45, 7) is 3.81. The Morgan fingerprint density at radius 2 is 0.900 bits per heavy atom. The lowest BCUT2D eigenvalue weighted by Crippen LogP contribution is -2.59. The van der Waals surface area contributed by atoms with Crippen LogP contribution in [0.15, 0.2) is 4.99 Å². The van der Waals surface area contributed by atoms with Crippen LogP contribution in [0.25, 0.3) is 0 Å². The van der Waals surface area contributed by atoms with Gasteiger partial charge in [-0.05, 0) is 104 Å². The van der Waals surface area contributed by atoms with Crippen molar-refractivity contribution in [1.29, 1.82) is 0 Å². The molecule has 25 nitrogen and oxygen atoms in total. The highest BCUT2D eigenvalue weighted by Gasteiger charge is 2.50. The fraction of sp³-hybridized carbons (Fsp3) is 0.756. The van der Waals surface area contributed by atoms with Crippen LogP contribution < -0.4 is 33.2 Å². The van der Waals surface area contributed by atoms with Crippen LogP contribution >= 0.6 is 0 Å². The van der Waals surface area contributed by atoms with Gasteiger partial charge in [0.25, 0.3) is 0 Å². The summed E-state index contributed by atoms with van der Waals surface area (Å²) in [6, 6.07) is -9.95.